The number of piperidine rings is 1. The van der Waals surface area contributed by atoms with Gasteiger partial charge in [0.25, 0.3) is 0 Å². The summed E-state index contributed by atoms with van der Waals surface area (Å²) < 4.78 is 15.4. The molecule has 1 saturated heterocycles. The van der Waals surface area contributed by atoms with Gasteiger partial charge in [0.1, 0.15) is 5.82 Å². The SMILES string of the molecule is O=C(N1CCC[C@H](n2ccnc2)C1)C1(c2ccc(F)cc2)CCC1. The van der Waals surface area contributed by atoms with Crippen LogP contribution in [0.3, 0.4) is 0 Å². The van der Waals surface area contributed by atoms with Crippen LogP contribution in [0.15, 0.2) is 43.0 Å². The highest BCUT2D eigenvalue weighted by Crippen LogP contribution is 2.45. The molecule has 1 atom stereocenters. The van der Waals surface area contributed by atoms with Crippen molar-refractivity contribution in [3.8, 4) is 0 Å². The maximum Gasteiger partial charge on any atom is 0.233 e. The average molecular weight is 327 g/mol. The third-order valence-corrected chi connectivity index (χ3v) is 5.64. The molecule has 2 fully saturated rings. The molecule has 126 valence electrons. The fraction of sp³-hybridized carbons (Fsp3) is 0.474. The van der Waals surface area contributed by atoms with Crippen molar-refractivity contribution in [2.24, 2.45) is 0 Å². The van der Waals surface area contributed by atoms with Crippen LogP contribution >= 0.6 is 0 Å². The van der Waals surface area contributed by atoms with Gasteiger partial charge in [0, 0.05) is 25.5 Å². The summed E-state index contributed by atoms with van der Waals surface area (Å²) in [6.07, 6.45) is 10.5. The first-order valence-electron chi connectivity index (χ1n) is 8.72. The number of aromatic nitrogens is 2. The van der Waals surface area contributed by atoms with Crippen molar-refractivity contribution < 1.29 is 9.18 Å². The normalized spacial score (nSPS) is 22.9. The number of carbonyl (C=O) groups excluding carboxylic acids is 1. The Morgan fingerprint density at radius 1 is 1.21 bits per heavy atom. The highest BCUT2D eigenvalue weighted by molar-refractivity contribution is 5.89. The molecule has 0 radical (unpaired) electrons. The Balaban J connectivity index is 1.56. The van der Waals surface area contributed by atoms with Gasteiger partial charge in [-0.2, -0.15) is 0 Å². The number of hydrogen-bond acceptors (Lipinski definition) is 2. The molecule has 1 amide bonds. The van der Waals surface area contributed by atoms with Gasteiger partial charge >= 0.3 is 0 Å². The summed E-state index contributed by atoms with van der Waals surface area (Å²) >= 11 is 0. The fourth-order valence-corrected chi connectivity index (χ4v) is 4.10. The van der Waals surface area contributed by atoms with Crippen LogP contribution in [-0.2, 0) is 10.2 Å². The lowest BCUT2D eigenvalue weighted by molar-refractivity contribution is -0.142. The number of amides is 1. The lowest BCUT2D eigenvalue weighted by Crippen LogP contribution is -2.53. The Morgan fingerprint density at radius 2 is 2.00 bits per heavy atom. The van der Waals surface area contributed by atoms with Crippen molar-refractivity contribution in [2.75, 3.05) is 13.1 Å². The van der Waals surface area contributed by atoms with E-state index in [0.717, 1.165) is 50.8 Å². The number of benzene rings is 1. The van der Waals surface area contributed by atoms with E-state index in [2.05, 4.69) is 9.55 Å². The van der Waals surface area contributed by atoms with E-state index in [1.807, 2.05) is 17.4 Å². The standard InChI is InChI=1S/C19H22FN3O/c20-16-6-4-15(5-7-16)19(8-2-9-19)18(24)22-11-1-3-17(13-22)23-12-10-21-14-23/h4-7,10,12,14,17H,1-3,8-9,11,13H2/t17-/m0/s1. The first kappa shape index (κ1) is 15.4. The molecular weight excluding hydrogens is 305 g/mol. The summed E-state index contributed by atoms with van der Waals surface area (Å²) in [5.41, 5.74) is 0.523. The molecule has 1 aliphatic heterocycles. The Labute approximate surface area is 141 Å². The summed E-state index contributed by atoms with van der Waals surface area (Å²) in [4.78, 5) is 19.4. The summed E-state index contributed by atoms with van der Waals surface area (Å²) in [6.45, 7) is 1.55. The lowest BCUT2D eigenvalue weighted by atomic mass is 9.63. The first-order chi connectivity index (χ1) is 11.7. The smallest absolute Gasteiger partial charge is 0.233 e. The summed E-state index contributed by atoms with van der Waals surface area (Å²) in [5.74, 6) is -0.0380. The molecule has 0 unspecified atom stereocenters. The molecule has 0 spiro atoms. The second-order valence-electron chi connectivity index (χ2n) is 7.00. The van der Waals surface area contributed by atoms with Crippen molar-refractivity contribution in [1.82, 2.24) is 14.5 Å². The van der Waals surface area contributed by atoms with Crippen LogP contribution in [0.25, 0.3) is 0 Å². The molecule has 1 aliphatic carbocycles. The molecule has 4 nitrogen and oxygen atoms in total. The van der Waals surface area contributed by atoms with E-state index < -0.39 is 5.41 Å². The first-order valence-corrected chi connectivity index (χ1v) is 8.72. The monoisotopic (exact) mass is 327 g/mol. The fourth-order valence-electron chi connectivity index (χ4n) is 4.10. The molecule has 5 heteroatoms. The van der Waals surface area contributed by atoms with Gasteiger partial charge < -0.3 is 9.47 Å². The van der Waals surface area contributed by atoms with Gasteiger partial charge in [-0.1, -0.05) is 18.6 Å². The van der Waals surface area contributed by atoms with E-state index in [-0.39, 0.29) is 11.7 Å². The number of nitrogens with zero attached hydrogens (tertiary/aromatic N) is 3. The molecule has 4 rings (SSSR count). The Bertz CT molecular complexity index is 707. The van der Waals surface area contributed by atoms with Crippen LogP contribution in [0.1, 0.15) is 43.7 Å². The lowest BCUT2D eigenvalue weighted by Gasteiger charge is -2.46. The van der Waals surface area contributed by atoms with Crippen LogP contribution in [0.2, 0.25) is 0 Å². The van der Waals surface area contributed by atoms with E-state index in [4.69, 9.17) is 0 Å². The van der Waals surface area contributed by atoms with Gasteiger partial charge in [-0.25, -0.2) is 9.37 Å². The van der Waals surface area contributed by atoms with E-state index in [0.29, 0.717) is 6.04 Å². The Hall–Kier alpha value is -2.17. The summed E-state index contributed by atoms with van der Waals surface area (Å²) in [7, 11) is 0. The molecule has 2 aliphatic rings. The van der Waals surface area contributed by atoms with Gasteiger partial charge in [0.15, 0.2) is 0 Å². The number of hydrogen-bond donors (Lipinski definition) is 0. The van der Waals surface area contributed by atoms with Gasteiger partial charge in [0.2, 0.25) is 5.91 Å². The minimum atomic E-state index is -0.440. The van der Waals surface area contributed by atoms with Crippen LogP contribution < -0.4 is 0 Å². The Kier molecular flexibility index (Phi) is 3.87. The van der Waals surface area contributed by atoms with Crippen molar-refractivity contribution >= 4 is 5.91 Å². The second-order valence-corrected chi connectivity index (χ2v) is 7.00. The van der Waals surface area contributed by atoms with Gasteiger partial charge in [-0.05, 0) is 43.4 Å². The highest BCUT2D eigenvalue weighted by atomic mass is 19.1. The van der Waals surface area contributed by atoms with Crippen LogP contribution in [-0.4, -0.2) is 33.4 Å². The van der Waals surface area contributed by atoms with Crippen molar-refractivity contribution in [1.29, 1.82) is 0 Å². The number of likely N-dealkylation sites (tertiary alicyclic amines) is 1. The van der Waals surface area contributed by atoms with Crippen molar-refractivity contribution in [2.45, 2.75) is 43.6 Å². The topological polar surface area (TPSA) is 38.1 Å². The zero-order valence-corrected chi connectivity index (χ0v) is 13.7. The van der Waals surface area contributed by atoms with Gasteiger partial charge in [0.05, 0.1) is 17.8 Å². The van der Waals surface area contributed by atoms with Crippen LogP contribution in [0.5, 0.6) is 0 Å². The van der Waals surface area contributed by atoms with Crippen molar-refractivity contribution in [3.63, 3.8) is 0 Å². The van der Waals surface area contributed by atoms with E-state index in [9.17, 15) is 9.18 Å². The molecule has 1 saturated carbocycles. The van der Waals surface area contributed by atoms with E-state index in [1.54, 1.807) is 18.3 Å². The maximum absolute atomic E-state index is 13.3. The second kappa shape index (κ2) is 6.04. The molecule has 24 heavy (non-hydrogen) atoms. The zero-order chi connectivity index (χ0) is 16.6. The van der Waals surface area contributed by atoms with E-state index in [1.165, 1.54) is 12.1 Å². The Morgan fingerprint density at radius 3 is 2.62 bits per heavy atom. The number of imidazole rings is 1. The molecule has 2 aromatic rings. The minimum Gasteiger partial charge on any atom is -0.340 e. The predicted molar refractivity (Wildman–Crippen MR) is 89.0 cm³/mol. The zero-order valence-electron chi connectivity index (χ0n) is 13.7. The molecule has 1 aromatic heterocycles. The molecule has 0 bridgehead atoms. The van der Waals surface area contributed by atoms with Gasteiger partial charge in [-0.3, -0.25) is 4.79 Å². The largest absolute Gasteiger partial charge is 0.340 e. The average Bonchev–Trinajstić information content (AvgIpc) is 3.10. The quantitative estimate of drug-likeness (QED) is 0.867. The number of rotatable bonds is 3. The predicted octanol–water partition coefficient (Wildman–Crippen LogP) is 3.31. The third kappa shape index (κ3) is 2.52. The minimum absolute atomic E-state index is 0.213. The highest BCUT2D eigenvalue weighted by Gasteiger charge is 2.48. The van der Waals surface area contributed by atoms with Gasteiger partial charge in [-0.15, -0.1) is 0 Å². The van der Waals surface area contributed by atoms with Crippen LogP contribution in [0.4, 0.5) is 4.39 Å². The summed E-state index contributed by atoms with van der Waals surface area (Å²) in [5, 5.41) is 0. The number of halogens is 1. The molecule has 2 heterocycles. The molecular formula is C19H22FN3O. The van der Waals surface area contributed by atoms with Crippen LogP contribution in [0, 0.1) is 5.82 Å². The maximum atomic E-state index is 13.3. The molecule has 0 N–H and O–H groups in total. The summed E-state index contributed by atoms with van der Waals surface area (Å²) in [6, 6.07) is 6.80. The van der Waals surface area contributed by atoms with Crippen molar-refractivity contribution in [3.05, 3.63) is 54.4 Å². The number of carbonyl (C=O) groups is 1. The third-order valence-electron chi connectivity index (χ3n) is 5.64. The molecule has 1 aromatic carbocycles. The van der Waals surface area contributed by atoms with E-state index >= 15 is 0 Å².